The van der Waals surface area contributed by atoms with Crippen LogP contribution in [0.3, 0.4) is 0 Å². The minimum atomic E-state index is -0.286. The zero-order chi connectivity index (χ0) is 13.4. The summed E-state index contributed by atoms with van der Waals surface area (Å²) in [7, 11) is 0. The van der Waals surface area contributed by atoms with Crippen molar-refractivity contribution in [3.05, 3.63) is 29.8 Å². The fraction of sp³-hybridized carbons (Fsp3) is 0.333. The van der Waals surface area contributed by atoms with Crippen molar-refractivity contribution in [1.29, 1.82) is 0 Å². The summed E-state index contributed by atoms with van der Waals surface area (Å²) >= 11 is 0. The highest BCUT2D eigenvalue weighted by Gasteiger charge is 2.03. The Kier molecular flexibility index (Phi) is 5.50. The maximum Gasteiger partial charge on any atom is 0.309 e. The molecule has 18 heavy (non-hydrogen) atoms. The number of hydrogen-bond donors (Lipinski definition) is 2. The van der Waals surface area contributed by atoms with Gasteiger partial charge in [-0.25, -0.2) is 0 Å². The van der Waals surface area contributed by atoms with E-state index in [9.17, 15) is 4.79 Å². The molecule has 0 saturated heterocycles. The van der Waals surface area contributed by atoms with Crippen LogP contribution in [-0.2, 0) is 9.53 Å². The molecule has 6 heteroatoms. The molecule has 0 radical (unpaired) electrons. The van der Waals surface area contributed by atoms with E-state index in [1.165, 1.54) is 0 Å². The minimum Gasteiger partial charge on any atom is -0.493 e. The van der Waals surface area contributed by atoms with Gasteiger partial charge in [-0.1, -0.05) is 5.16 Å². The Labute approximate surface area is 105 Å². The lowest BCUT2D eigenvalue weighted by molar-refractivity contribution is -0.143. The number of esters is 1. The van der Waals surface area contributed by atoms with Crippen molar-refractivity contribution in [2.75, 3.05) is 13.2 Å². The van der Waals surface area contributed by atoms with Crippen molar-refractivity contribution in [1.82, 2.24) is 0 Å². The van der Waals surface area contributed by atoms with Crippen LogP contribution in [0.4, 0.5) is 0 Å². The highest BCUT2D eigenvalue weighted by molar-refractivity contribution is 5.97. The molecule has 0 spiro atoms. The van der Waals surface area contributed by atoms with E-state index in [4.69, 9.17) is 20.4 Å². The standard InChI is InChI=1S/C12H16N2O4/c1-2-17-11(15)7-8-18-10-5-3-9(4-6-10)12(13)14-16/h3-6,16H,2,7-8H2,1H3,(H2,13,14). The average Bonchev–Trinajstić information content (AvgIpc) is 2.39. The van der Waals surface area contributed by atoms with Crippen LogP contribution in [0.5, 0.6) is 5.75 Å². The molecule has 0 bridgehead atoms. The van der Waals surface area contributed by atoms with Gasteiger partial charge in [0.25, 0.3) is 0 Å². The predicted molar refractivity (Wildman–Crippen MR) is 65.7 cm³/mol. The number of amidine groups is 1. The second-order valence-electron chi connectivity index (χ2n) is 3.41. The topological polar surface area (TPSA) is 94.1 Å². The van der Waals surface area contributed by atoms with Gasteiger partial charge < -0.3 is 20.4 Å². The number of hydrogen-bond acceptors (Lipinski definition) is 5. The first-order valence-corrected chi connectivity index (χ1v) is 5.53. The molecule has 1 aromatic rings. The van der Waals surface area contributed by atoms with Crippen LogP contribution in [0.25, 0.3) is 0 Å². The van der Waals surface area contributed by atoms with Crippen molar-refractivity contribution in [3.63, 3.8) is 0 Å². The average molecular weight is 252 g/mol. The van der Waals surface area contributed by atoms with Crippen molar-refractivity contribution in [2.45, 2.75) is 13.3 Å². The van der Waals surface area contributed by atoms with E-state index in [1.54, 1.807) is 31.2 Å². The van der Waals surface area contributed by atoms with Gasteiger partial charge in [0.2, 0.25) is 0 Å². The van der Waals surface area contributed by atoms with Crippen LogP contribution in [-0.4, -0.2) is 30.2 Å². The smallest absolute Gasteiger partial charge is 0.309 e. The Balaban J connectivity index is 2.42. The summed E-state index contributed by atoms with van der Waals surface area (Å²) in [4.78, 5) is 11.1. The molecule has 0 aliphatic heterocycles. The quantitative estimate of drug-likeness (QED) is 0.260. The van der Waals surface area contributed by atoms with Crippen LogP contribution >= 0.6 is 0 Å². The van der Waals surface area contributed by atoms with Crippen LogP contribution in [0.15, 0.2) is 29.4 Å². The first-order valence-electron chi connectivity index (χ1n) is 5.53. The molecule has 0 heterocycles. The summed E-state index contributed by atoms with van der Waals surface area (Å²) < 4.78 is 10.1. The van der Waals surface area contributed by atoms with E-state index in [0.717, 1.165) is 0 Å². The van der Waals surface area contributed by atoms with E-state index >= 15 is 0 Å². The fourth-order valence-electron chi connectivity index (χ4n) is 1.27. The monoisotopic (exact) mass is 252 g/mol. The molecule has 0 amide bonds. The number of oxime groups is 1. The Morgan fingerprint density at radius 1 is 1.39 bits per heavy atom. The Morgan fingerprint density at radius 2 is 2.06 bits per heavy atom. The molecular weight excluding hydrogens is 236 g/mol. The molecule has 3 N–H and O–H groups in total. The van der Waals surface area contributed by atoms with Gasteiger partial charge in [-0.15, -0.1) is 0 Å². The Hall–Kier alpha value is -2.24. The third-order valence-corrected chi connectivity index (χ3v) is 2.14. The van der Waals surface area contributed by atoms with Crippen molar-refractivity contribution in [2.24, 2.45) is 10.9 Å². The molecule has 98 valence electrons. The molecule has 0 aromatic heterocycles. The molecule has 0 saturated carbocycles. The van der Waals surface area contributed by atoms with Crippen molar-refractivity contribution >= 4 is 11.8 Å². The third-order valence-electron chi connectivity index (χ3n) is 2.14. The lowest BCUT2D eigenvalue weighted by Crippen LogP contribution is -2.13. The molecule has 1 aromatic carbocycles. The SMILES string of the molecule is CCOC(=O)CCOc1ccc(/C(N)=N/O)cc1. The normalized spacial score (nSPS) is 11.1. The molecule has 0 unspecified atom stereocenters. The zero-order valence-corrected chi connectivity index (χ0v) is 10.1. The number of benzene rings is 1. The van der Waals surface area contributed by atoms with Gasteiger partial charge >= 0.3 is 5.97 Å². The van der Waals surface area contributed by atoms with Gasteiger partial charge in [0, 0.05) is 5.56 Å². The predicted octanol–water partition coefficient (Wildman–Crippen LogP) is 1.11. The van der Waals surface area contributed by atoms with Gasteiger partial charge in [-0.05, 0) is 31.2 Å². The maximum atomic E-state index is 11.1. The molecular formula is C12H16N2O4. The molecule has 6 nitrogen and oxygen atoms in total. The number of carbonyl (C=O) groups excluding carboxylic acids is 1. The van der Waals surface area contributed by atoms with Gasteiger partial charge in [0.05, 0.1) is 19.6 Å². The third kappa shape index (κ3) is 4.32. The molecule has 0 aliphatic carbocycles. The summed E-state index contributed by atoms with van der Waals surface area (Å²) in [6, 6.07) is 6.68. The largest absolute Gasteiger partial charge is 0.493 e. The summed E-state index contributed by atoms with van der Waals surface area (Å²) in [5.74, 6) is 0.354. The minimum absolute atomic E-state index is 0.0353. The highest BCUT2D eigenvalue weighted by Crippen LogP contribution is 2.12. The molecule has 0 fully saturated rings. The summed E-state index contributed by atoms with van der Waals surface area (Å²) in [5.41, 5.74) is 6.01. The molecule has 1 rings (SSSR count). The van der Waals surface area contributed by atoms with Gasteiger partial charge in [0.1, 0.15) is 5.75 Å². The van der Waals surface area contributed by atoms with Gasteiger partial charge in [-0.2, -0.15) is 0 Å². The maximum absolute atomic E-state index is 11.1. The Bertz CT molecular complexity index is 415. The van der Waals surface area contributed by atoms with Gasteiger partial charge in [0.15, 0.2) is 5.84 Å². The van der Waals surface area contributed by atoms with Crippen molar-refractivity contribution in [3.8, 4) is 5.75 Å². The lowest BCUT2D eigenvalue weighted by atomic mass is 10.2. The second kappa shape index (κ2) is 7.16. The zero-order valence-electron chi connectivity index (χ0n) is 10.1. The van der Waals surface area contributed by atoms with Crippen molar-refractivity contribution < 1.29 is 19.5 Å². The van der Waals surface area contributed by atoms with Crippen LogP contribution < -0.4 is 10.5 Å². The molecule has 0 aliphatic rings. The van der Waals surface area contributed by atoms with E-state index < -0.39 is 0 Å². The van der Waals surface area contributed by atoms with Crippen LogP contribution in [0, 0.1) is 0 Å². The number of nitrogens with zero attached hydrogens (tertiary/aromatic N) is 1. The summed E-state index contributed by atoms with van der Waals surface area (Å²) in [6.07, 6.45) is 0.204. The molecule has 0 atom stereocenters. The van der Waals surface area contributed by atoms with E-state index in [0.29, 0.717) is 17.9 Å². The fourth-order valence-corrected chi connectivity index (χ4v) is 1.27. The second-order valence-corrected chi connectivity index (χ2v) is 3.41. The van der Waals surface area contributed by atoms with E-state index in [1.807, 2.05) is 0 Å². The first-order chi connectivity index (χ1) is 8.67. The summed E-state index contributed by atoms with van der Waals surface area (Å²) in [6.45, 7) is 2.37. The Morgan fingerprint density at radius 3 is 2.61 bits per heavy atom. The number of rotatable bonds is 6. The van der Waals surface area contributed by atoms with E-state index in [2.05, 4.69) is 5.16 Å². The van der Waals surface area contributed by atoms with E-state index in [-0.39, 0.29) is 24.8 Å². The lowest BCUT2D eigenvalue weighted by Gasteiger charge is -2.06. The van der Waals surface area contributed by atoms with Gasteiger partial charge in [-0.3, -0.25) is 4.79 Å². The van der Waals surface area contributed by atoms with Crippen LogP contribution in [0.1, 0.15) is 18.9 Å². The number of nitrogens with two attached hydrogens (primary N) is 1. The van der Waals surface area contributed by atoms with Crippen LogP contribution in [0.2, 0.25) is 0 Å². The highest BCUT2D eigenvalue weighted by atomic mass is 16.5. The first kappa shape index (κ1) is 13.8. The number of ether oxygens (including phenoxy) is 2. The number of carbonyl (C=O) groups is 1. The summed E-state index contributed by atoms with van der Waals surface area (Å²) in [5, 5.41) is 11.4.